The summed E-state index contributed by atoms with van der Waals surface area (Å²) in [5.41, 5.74) is 2.85. The number of nitrogens with zero attached hydrogens (tertiary/aromatic N) is 2. The van der Waals surface area contributed by atoms with Gasteiger partial charge in [-0.25, -0.2) is 4.98 Å². The van der Waals surface area contributed by atoms with Crippen LogP contribution in [-0.2, 0) is 16.0 Å². The first-order valence-corrected chi connectivity index (χ1v) is 9.53. The van der Waals surface area contributed by atoms with E-state index in [2.05, 4.69) is 10.3 Å². The number of carbonyl (C=O) groups is 1. The molecule has 1 aromatic carbocycles. The molecule has 0 saturated carbocycles. The van der Waals surface area contributed by atoms with Gasteiger partial charge in [-0.15, -0.1) is 11.3 Å². The number of fused-ring (bicyclic) bond motifs is 1. The third kappa shape index (κ3) is 4.42. The van der Waals surface area contributed by atoms with Crippen molar-refractivity contribution in [3.8, 4) is 17.0 Å². The monoisotopic (exact) mass is 373 g/mol. The average molecular weight is 373 g/mol. The van der Waals surface area contributed by atoms with E-state index in [9.17, 15) is 4.79 Å². The molecule has 6 nitrogen and oxygen atoms in total. The van der Waals surface area contributed by atoms with Crippen LogP contribution in [0.2, 0.25) is 0 Å². The normalized spacial score (nSPS) is 11.0. The molecule has 0 atom stereocenters. The summed E-state index contributed by atoms with van der Waals surface area (Å²) in [6.45, 7) is 3.98. The third-order valence-electron chi connectivity index (χ3n) is 4.00. The van der Waals surface area contributed by atoms with Crippen molar-refractivity contribution in [1.29, 1.82) is 0 Å². The summed E-state index contributed by atoms with van der Waals surface area (Å²) in [6, 6.07) is 7.80. The molecule has 3 aromatic rings. The van der Waals surface area contributed by atoms with Crippen LogP contribution in [0.5, 0.6) is 5.75 Å². The molecule has 0 fully saturated rings. The Hall–Kier alpha value is -2.38. The summed E-state index contributed by atoms with van der Waals surface area (Å²) in [6.07, 6.45) is 3.14. The highest BCUT2D eigenvalue weighted by Crippen LogP contribution is 2.25. The van der Waals surface area contributed by atoms with Gasteiger partial charge in [0.05, 0.1) is 19.2 Å². The van der Waals surface area contributed by atoms with Crippen LogP contribution >= 0.6 is 11.3 Å². The zero-order valence-corrected chi connectivity index (χ0v) is 15.8. The second-order valence-corrected chi connectivity index (χ2v) is 6.65. The largest absolute Gasteiger partial charge is 0.497 e. The van der Waals surface area contributed by atoms with E-state index in [-0.39, 0.29) is 5.91 Å². The zero-order valence-electron chi connectivity index (χ0n) is 15.0. The van der Waals surface area contributed by atoms with Crippen LogP contribution in [0.4, 0.5) is 0 Å². The number of hydrogen-bond donors (Lipinski definition) is 1. The molecule has 7 heteroatoms. The van der Waals surface area contributed by atoms with Crippen molar-refractivity contribution in [2.45, 2.75) is 19.8 Å². The second kappa shape index (κ2) is 8.82. The number of carbonyl (C=O) groups excluding carboxylic acids is 1. The lowest BCUT2D eigenvalue weighted by Gasteiger charge is -2.05. The van der Waals surface area contributed by atoms with E-state index in [1.54, 1.807) is 18.4 Å². The minimum Gasteiger partial charge on any atom is -0.497 e. The molecule has 1 amide bonds. The quantitative estimate of drug-likeness (QED) is 0.585. The van der Waals surface area contributed by atoms with E-state index in [4.69, 9.17) is 9.47 Å². The molecule has 0 radical (unpaired) electrons. The van der Waals surface area contributed by atoms with Gasteiger partial charge >= 0.3 is 0 Å². The van der Waals surface area contributed by atoms with E-state index in [0.29, 0.717) is 26.2 Å². The van der Waals surface area contributed by atoms with Gasteiger partial charge in [0.25, 0.3) is 0 Å². The van der Waals surface area contributed by atoms with E-state index in [0.717, 1.165) is 34.1 Å². The maximum Gasteiger partial charge on any atom is 0.225 e. The van der Waals surface area contributed by atoms with Gasteiger partial charge in [0.15, 0.2) is 4.96 Å². The first kappa shape index (κ1) is 18.4. The van der Waals surface area contributed by atoms with E-state index in [1.807, 2.05) is 47.2 Å². The maximum atomic E-state index is 12.1. The predicted octanol–water partition coefficient (Wildman–Crippen LogP) is 3.16. The Bertz CT molecular complexity index is 855. The minimum atomic E-state index is 0.0147. The molecule has 138 valence electrons. The molecule has 26 heavy (non-hydrogen) atoms. The van der Waals surface area contributed by atoms with Crippen molar-refractivity contribution in [3.63, 3.8) is 0 Å². The molecule has 2 aromatic heterocycles. The number of thiazole rings is 1. The lowest BCUT2D eigenvalue weighted by molar-refractivity contribution is -0.120. The van der Waals surface area contributed by atoms with Crippen LogP contribution in [0.1, 0.15) is 19.0 Å². The number of methoxy groups -OCH3 is 1. The van der Waals surface area contributed by atoms with Crippen LogP contribution in [0, 0.1) is 0 Å². The van der Waals surface area contributed by atoms with Crippen LogP contribution in [-0.4, -0.2) is 42.2 Å². The Morgan fingerprint density at radius 3 is 2.85 bits per heavy atom. The Balaban J connectivity index is 1.64. The predicted molar refractivity (Wildman–Crippen MR) is 103 cm³/mol. The van der Waals surface area contributed by atoms with Crippen molar-refractivity contribution >= 4 is 22.2 Å². The van der Waals surface area contributed by atoms with Crippen LogP contribution < -0.4 is 10.1 Å². The number of ether oxygens (including phenoxy) is 2. The van der Waals surface area contributed by atoms with Gasteiger partial charge in [0, 0.05) is 42.6 Å². The highest BCUT2D eigenvalue weighted by atomic mass is 32.1. The molecule has 0 bridgehead atoms. The summed E-state index contributed by atoms with van der Waals surface area (Å²) in [4.78, 5) is 17.7. The van der Waals surface area contributed by atoms with Gasteiger partial charge < -0.3 is 14.8 Å². The molecule has 1 N–H and O–H groups in total. The van der Waals surface area contributed by atoms with Crippen molar-refractivity contribution in [2.24, 2.45) is 0 Å². The van der Waals surface area contributed by atoms with Gasteiger partial charge in [0.2, 0.25) is 5.91 Å². The lowest BCUT2D eigenvalue weighted by atomic mass is 10.2. The number of amides is 1. The van der Waals surface area contributed by atoms with Gasteiger partial charge in [-0.05, 0) is 37.6 Å². The Morgan fingerprint density at radius 1 is 1.31 bits per heavy atom. The number of hydrogen-bond acceptors (Lipinski definition) is 5. The minimum absolute atomic E-state index is 0.0147. The number of benzene rings is 1. The highest BCUT2D eigenvalue weighted by molar-refractivity contribution is 7.15. The topological polar surface area (TPSA) is 64.9 Å². The first-order valence-electron chi connectivity index (χ1n) is 8.65. The standard InChI is InChI=1S/C19H23N3O3S/c1-3-25-10-4-9-20-18(23)11-15-13-26-19-21-17(12-22(15)19)14-5-7-16(24-2)8-6-14/h5-8,12-13H,3-4,9-11H2,1-2H3,(H,20,23). The molecule has 0 saturated heterocycles. The summed E-state index contributed by atoms with van der Waals surface area (Å²) in [5, 5.41) is 4.92. The lowest BCUT2D eigenvalue weighted by Crippen LogP contribution is -2.27. The number of aromatic nitrogens is 2. The van der Waals surface area contributed by atoms with Crippen molar-refractivity contribution in [1.82, 2.24) is 14.7 Å². The molecule has 0 aliphatic rings. The Morgan fingerprint density at radius 2 is 2.12 bits per heavy atom. The van der Waals surface area contributed by atoms with Gasteiger partial charge in [-0.1, -0.05) is 0 Å². The molecule has 0 aliphatic heterocycles. The summed E-state index contributed by atoms with van der Waals surface area (Å²) >= 11 is 1.54. The molecule has 0 aliphatic carbocycles. The molecule has 0 unspecified atom stereocenters. The van der Waals surface area contributed by atoms with E-state index in [1.165, 1.54) is 0 Å². The smallest absolute Gasteiger partial charge is 0.225 e. The summed E-state index contributed by atoms with van der Waals surface area (Å²) in [5.74, 6) is 0.831. The van der Waals surface area contributed by atoms with E-state index >= 15 is 0 Å². The molecule has 3 rings (SSSR count). The van der Waals surface area contributed by atoms with Gasteiger partial charge in [-0.2, -0.15) is 0 Å². The third-order valence-corrected chi connectivity index (χ3v) is 4.89. The second-order valence-electron chi connectivity index (χ2n) is 5.81. The fourth-order valence-corrected chi connectivity index (χ4v) is 3.50. The maximum absolute atomic E-state index is 12.1. The van der Waals surface area contributed by atoms with Gasteiger partial charge in [0.1, 0.15) is 5.75 Å². The summed E-state index contributed by atoms with van der Waals surface area (Å²) < 4.78 is 12.4. The Kier molecular flexibility index (Phi) is 6.25. The molecule has 2 heterocycles. The van der Waals surface area contributed by atoms with Crippen molar-refractivity contribution in [3.05, 3.63) is 41.5 Å². The van der Waals surface area contributed by atoms with E-state index < -0.39 is 0 Å². The average Bonchev–Trinajstić information content (AvgIpc) is 3.24. The zero-order chi connectivity index (χ0) is 18.4. The van der Waals surface area contributed by atoms with Crippen LogP contribution in [0.15, 0.2) is 35.8 Å². The Labute approximate surface area is 156 Å². The highest BCUT2D eigenvalue weighted by Gasteiger charge is 2.12. The summed E-state index contributed by atoms with van der Waals surface area (Å²) in [7, 11) is 1.65. The fraction of sp³-hybridized carbons (Fsp3) is 0.368. The molecule has 0 spiro atoms. The first-order chi connectivity index (χ1) is 12.7. The number of nitrogens with one attached hydrogen (secondary N) is 1. The van der Waals surface area contributed by atoms with Crippen molar-refractivity contribution in [2.75, 3.05) is 26.9 Å². The van der Waals surface area contributed by atoms with Gasteiger partial charge in [-0.3, -0.25) is 9.20 Å². The van der Waals surface area contributed by atoms with Crippen molar-refractivity contribution < 1.29 is 14.3 Å². The fourth-order valence-electron chi connectivity index (χ4n) is 2.63. The number of rotatable bonds is 9. The molecular weight excluding hydrogens is 350 g/mol. The molecular formula is C19H23N3O3S. The number of imidazole rings is 1. The van der Waals surface area contributed by atoms with Crippen LogP contribution in [0.3, 0.4) is 0 Å². The SMILES string of the molecule is CCOCCCNC(=O)Cc1csc2nc(-c3ccc(OC)cc3)cn12. The van der Waals surface area contributed by atoms with Crippen LogP contribution in [0.25, 0.3) is 16.2 Å².